The highest BCUT2D eigenvalue weighted by molar-refractivity contribution is 5.74. The van der Waals surface area contributed by atoms with Crippen LogP contribution in [0.5, 0.6) is 0 Å². The van der Waals surface area contributed by atoms with Gasteiger partial charge in [-0.05, 0) is 38.9 Å². The van der Waals surface area contributed by atoms with Crippen molar-refractivity contribution < 1.29 is 9.90 Å². The van der Waals surface area contributed by atoms with E-state index in [1.54, 1.807) is 0 Å². The minimum Gasteiger partial charge on any atom is -0.396 e. The van der Waals surface area contributed by atoms with Gasteiger partial charge in [-0.2, -0.15) is 0 Å². The van der Waals surface area contributed by atoms with Crippen molar-refractivity contribution in [3.63, 3.8) is 0 Å². The summed E-state index contributed by atoms with van der Waals surface area (Å²) in [6.07, 6.45) is 0.570. The van der Waals surface area contributed by atoms with Crippen LogP contribution >= 0.6 is 0 Å². The van der Waals surface area contributed by atoms with Crippen molar-refractivity contribution in [2.45, 2.75) is 39.3 Å². The van der Waals surface area contributed by atoms with Gasteiger partial charge in [0.05, 0.1) is 6.04 Å². The lowest BCUT2D eigenvalue weighted by Crippen LogP contribution is -2.46. The van der Waals surface area contributed by atoms with Crippen LogP contribution in [0.25, 0.3) is 0 Å². The summed E-state index contributed by atoms with van der Waals surface area (Å²) in [5, 5.41) is 15.0. The fraction of sp³-hybridized carbons (Fsp3) is 0.611. The molecule has 1 aromatic carbocycles. The Morgan fingerprint density at radius 1 is 1.22 bits per heavy atom. The molecule has 2 unspecified atom stereocenters. The highest BCUT2D eigenvalue weighted by Gasteiger charge is 2.18. The SMILES string of the molecule is Cc1ccc(C(CNC(=O)NC(CCO)C(C)C)N(C)C)cc1. The monoisotopic (exact) mass is 321 g/mol. The molecule has 3 N–H and O–H groups in total. The number of hydrogen-bond donors (Lipinski definition) is 3. The van der Waals surface area contributed by atoms with Crippen molar-refractivity contribution in [3.8, 4) is 0 Å². The predicted molar refractivity (Wildman–Crippen MR) is 94.5 cm³/mol. The van der Waals surface area contributed by atoms with Crippen molar-refractivity contribution in [3.05, 3.63) is 35.4 Å². The molecule has 0 saturated carbocycles. The third kappa shape index (κ3) is 6.59. The molecule has 0 aliphatic rings. The number of likely N-dealkylation sites (N-methyl/N-ethyl adjacent to an activating group) is 1. The van der Waals surface area contributed by atoms with Crippen LogP contribution in [0.15, 0.2) is 24.3 Å². The van der Waals surface area contributed by atoms with Gasteiger partial charge in [0.15, 0.2) is 0 Å². The van der Waals surface area contributed by atoms with Gasteiger partial charge in [-0.1, -0.05) is 43.7 Å². The molecule has 130 valence electrons. The van der Waals surface area contributed by atoms with Crippen LogP contribution < -0.4 is 10.6 Å². The third-order valence-corrected chi connectivity index (χ3v) is 4.10. The van der Waals surface area contributed by atoms with E-state index in [-0.39, 0.29) is 30.6 Å². The van der Waals surface area contributed by atoms with Gasteiger partial charge in [0.1, 0.15) is 0 Å². The van der Waals surface area contributed by atoms with E-state index in [4.69, 9.17) is 5.11 Å². The first kappa shape index (κ1) is 19.5. The van der Waals surface area contributed by atoms with Gasteiger partial charge >= 0.3 is 6.03 Å². The summed E-state index contributed by atoms with van der Waals surface area (Å²) >= 11 is 0. The molecular formula is C18H31N3O2. The summed E-state index contributed by atoms with van der Waals surface area (Å²) in [5.41, 5.74) is 2.40. The van der Waals surface area contributed by atoms with Crippen molar-refractivity contribution in [2.24, 2.45) is 5.92 Å². The number of amides is 2. The Kier molecular flexibility index (Phi) is 8.06. The Morgan fingerprint density at radius 3 is 2.30 bits per heavy atom. The molecule has 1 rings (SSSR count). The van der Waals surface area contributed by atoms with E-state index in [1.165, 1.54) is 11.1 Å². The molecule has 0 bridgehead atoms. The number of nitrogens with one attached hydrogen (secondary N) is 2. The van der Waals surface area contributed by atoms with Crippen LogP contribution in [-0.4, -0.2) is 49.3 Å². The molecule has 0 aromatic heterocycles. The zero-order valence-corrected chi connectivity index (χ0v) is 15.0. The lowest BCUT2D eigenvalue weighted by atomic mass is 10.0. The number of hydrogen-bond acceptors (Lipinski definition) is 3. The van der Waals surface area contributed by atoms with E-state index in [0.29, 0.717) is 13.0 Å². The van der Waals surface area contributed by atoms with Gasteiger partial charge in [0, 0.05) is 19.2 Å². The number of nitrogens with zero attached hydrogens (tertiary/aromatic N) is 1. The van der Waals surface area contributed by atoms with Crippen LogP contribution in [-0.2, 0) is 0 Å². The van der Waals surface area contributed by atoms with Gasteiger partial charge in [-0.3, -0.25) is 0 Å². The number of aliphatic hydroxyl groups excluding tert-OH is 1. The number of urea groups is 1. The standard InChI is InChI=1S/C18H31N3O2/c1-13(2)16(10-11-22)20-18(23)19-12-17(21(4)5)15-8-6-14(3)7-9-15/h6-9,13,16-17,22H,10-12H2,1-5H3,(H2,19,20,23). The highest BCUT2D eigenvalue weighted by atomic mass is 16.3. The number of aryl methyl sites for hydroxylation is 1. The van der Waals surface area contributed by atoms with E-state index >= 15 is 0 Å². The van der Waals surface area contributed by atoms with Gasteiger partial charge in [0.2, 0.25) is 0 Å². The summed E-state index contributed by atoms with van der Waals surface area (Å²) in [6.45, 7) is 6.75. The number of carbonyl (C=O) groups excluding carboxylic acids is 1. The zero-order valence-electron chi connectivity index (χ0n) is 15.0. The normalized spacial score (nSPS) is 13.9. The van der Waals surface area contributed by atoms with Gasteiger partial charge < -0.3 is 20.6 Å². The summed E-state index contributed by atoms with van der Waals surface area (Å²) in [4.78, 5) is 14.2. The van der Waals surface area contributed by atoms with Crippen LogP contribution in [0, 0.1) is 12.8 Å². The molecule has 0 aliphatic heterocycles. The number of benzene rings is 1. The second-order valence-electron chi connectivity index (χ2n) is 6.61. The maximum absolute atomic E-state index is 12.1. The minimum absolute atomic E-state index is 0.0165. The van der Waals surface area contributed by atoms with E-state index in [0.717, 1.165) is 0 Å². The molecule has 0 spiro atoms. The molecule has 0 saturated heterocycles. The molecule has 2 amide bonds. The van der Waals surface area contributed by atoms with Crippen LogP contribution in [0.1, 0.15) is 37.4 Å². The molecule has 5 nitrogen and oxygen atoms in total. The van der Waals surface area contributed by atoms with Crippen molar-refractivity contribution >= 4 is 6.03 Å². The first-order valence-electron chi connectivity index (χ1n) is 8.23. The molecule has 5 heteroatoms. The first-order valence-corrected chi connectivity index (χ1v) is 8.23. The smallest absolute Gasteiger partial charge is 0.315 e. The minimum atomic E-state index is -0.184. The summed E-state index contributed by atoms with van der Waals surface area (Å²) in [7, 11) is 4.01. The fourth-order valence-electron chi connectivity index (χ4n) is 2.51. The molecule has 0 heterocycles. The van der Waals surface area contributed by atoms with Crippen molar-refractivity contribution in [1.82, 2.24) is 15.5 Å². The van der Waals surface area contributed by atoms with Crippen molar-refractivity contribution in [2.75, 3.05) is 27.2 Å². The number of carbonyl (C=O) groups is 1. The largest absolute Gasteiger partial charge is 0.396 e. The average molecular weight is 321 g/mol. The van der Waals surface area contributed by atoms with E-state index in [9.17, 15) is 4.79 Å². The van der Waals surface area contributed by atoms with E-state index in [1.807, 2.05) is 27.9 Å². The Labute approximate surface area is 140 Å². The molecule has 0 aliphatic carbocycles. The zero-order chi connectivity index (χ0) is 17.4. The fourth-order valence-corrected chi connectivity index (χ4v) is 2.51. The quantitative estimate of drug-likeness (QED) is 0.688. The Bertz CT molecular complexity index is 472. The molecule has 23 heavy (non-hydrogen) atoms. The second-order valence-corrected chi connectivity index (χ2v) is 6.61. The van der Waals surface area contributed by atoms with Gasteiger partial charge in [-0.15, -0.1) is 0 Å². The lowest BCUT2D eigenvalue weighted by Gasteiger charge is -2.27. The second kappa shape index (κ2) is 9.53. The molecule has 0 radical (unpaired) electrons. The van der Waals surface area contributed by atoms with E-state index < -0.39 is 0 Å². The Hall–Kier alpha value is -1.59. The lowest BCUT2D eigenvalue weighted by molar-refractivity contribution is 0.214. The third-order valence-electron chi connectivity index (χ3n) is 4.10. The topological polar surface area (TPSA) is 64.6 Å². The number of aliphatic hydroxyl groups is 1. The maximum atomic E-state index is 12.1. The molecule has 1 aromatic rings. The Balaban J connectivity index is 2.61. The summed E-state index contributed by atoms with van der Waals surface area (Å²) < 4.78 is 0. The van der Waals surface area contributed by atoms with Gasteiger partial charge in [0.25, 0.3) is 0 Å². The summed E-state index contributed by atoms with van der Waals surface area (Å²) in [5.74, 6) is 0.287. The predicted octanol–water partition coefficient (Wildman–Crippen LogP) is 2.30. The Morgan fingerprint density at radius 2 is 1.83 bits per heavy atom. The molecule has 0 fully saturated rings. The summed E-state index contributed by atoms with van der Waals surface area (Å²) in [6, 6.07) is 8.29. The molecule has 2 atom stereocenters. The number of rotatable bonds is 8. The highest BCUT2D eigenvalue weighted by Crippen LogP contribution is 2.17. The van der Waals surface area contributed by atoms with E-state index in [2.05, 4.69) is 46.7 Å². The van der Waals surface area contributed by atoms with Crippen LogP contribution in [0.4, 0.5) is 4.79 Å². The van der Waals surface area contributed by atoms with Crippen LogP contribution in [0.2, 0.25) is 0 Å². The van der Waals surface area contributed by atoms with Gasteiger partial charge in [-0.25, -0.2) is 4.79 Å². The van der Waals surface area contributed by atoms with Crippen molar-refractivity contribution in [1.29, 1.82) is 0 Å². The molecular weight excluding hydrogens is 290 g/mol. The first-order chi connectivity index (χ1) is 10.8. The maximum Gasteiger partial charge on any atom is 0.315 e. The van der Waals surface area contributed by atoms with Crippen LogP contribution in [0.3, 0.4) is 0 Å². The average Bonchev–Trinajstić information content (AvgIpc) is 2.48.